The van der Waals surface area contributed by atoms with Gasteiger partial charge in [0.15, 0.2) is 37.2 Å². The van der Waals surface area contributed by atoms with Crippen molar-refractivity contribution in [2.45, 2.75) is 270 Å². The summed E-state index contributed by atoms with van der Waals surface area (Å²) in [7, 11) is 4.63. The average Bonchev–Trinajstić information content (AvgIpc) is 1.62. The van der Waals surface area contributed by atoms with E-state index in [4.69, 9.17) is 66.3 Å². The number of aliphatic hydroxyl groups is 10. The van der Waals surface area contributed by atoms with Gasteiger partial charge in [-0.05, 0) is 96.6 Å². The van der Waals surface area contributed by atoms with E-state index in [1.165, 1.54) is 20.1 Å². The largest absolute Gasteiger partial charge is 0.458 e. The van der Waals surface area contributed by atoms with Gasteiger partial charge in [-0.15, -0.1) is 0 Å². The summed E-state index contributed by atoms with van der Waals surface area (Å²) in [6.45, 7) is 8.87. The van der Waals surface area contributed by atoms with Crippen LogP contribution in [-0.2, 0) is 75.9 Å². The molecule has 0 aromatic heterocycles. The number of methoxy groups -OCH3 is 3. The third kappa shape index (κ3) is 12.5. The number of fused-ring (bicyclic) bond motifs is 5. The number of hydrogen-bond donors (Lipinski definition) is 10. The number of aliphatic hydroxyl groups excluding tert-OH is 7. The first-order valence-electron chi connectivity index (χ1n) is 31.3. The van der Waals surface area contributed by atoms with Crippen molar-refractivity contribution >= 4 is 17.8 Å². The number of ether oxygens (including phenoxy) is 14. The highest BCUT2D eigenvalue weighted by Crippen LogP contribution is 2.71. The third-order valence-electron chi connectivity index (χ3n) is 21.6. The van der Waals surface area contributed by atoms with Gasteiger partial charge in [-0.1, -0.05) is 48.9 Å². The number of carbonyl (C=O) groups is 2. The average molecular weight is 1270 g/mol. The molecule has 30 atom stereocenters. The molecule has 26 heteroatoms. The molecule has 5 saturated heterocycles. The molecule has 1 aromatic carbocycles. The molecule has 0 bridgehead atoms. The van der Waals surface area contributed by atoms with Crippen molar-refractivity contribution in [2.75, 3.05) is 34.5 Å². The Balaban J connectivity index is 0.728. The number of rotatable bonds is 19. The second-order valence-corrected chi connectivity index (χ2v) is 26.4. The van der Waals surface area contributed by atoms with Crippen molar-refractivity contribution in [1.82, 2.24) is 0 Å². The molecule has 5 heterocycles. The molecule has 0 amide bonds. The van der Waals surface area contributed by atoms with Gasteiger partial charge in [0.1, 0.15) is 90.1 Å². The van der Waals surface area contributed by atoms with Crippen molar-refractivity contribution in [1.29, 1.82) is 0 Å². The summed E-state index contributed by atoms with van der Waals surface area (Å²) in [5, 5.41) is 112. The summed E-state index contributed by atoms with van der Waals surface area (Å²) in [5.41, 5.74) is -6.47. The summed E-state index contributed by atoms with van der Waals surface area (Å²) in [4.78, 5) is 27.0. The van der Waals surface area contributed by atoms with Gasteiger partial charge in [-0.3, -0.25) is 4.79 Å². The van der Waals surface area contributed by atoms with Crippen LogP contribution in [0.25, 0.3) is 6.08 Å². The molecule has 89 heavy (non-hydrogen) atoms. The topological polar surface area (TPSA) is 366 Å². The number of esters is 1. The molecule has 10 rings (SSSR count). The molecular formula is C63H94O26. The highest BCUT2D eigenvalue weighted by atomic mass is 16.8. The smallest absolute Gasteiger partial charge is 0.331 e. The number of ketones is 1. The maximum absolute atomic E-state index is 13.7. The molecule has 1 aromatic rings. The maximum Gasteiger partial charge on any atom is 0.331 e. The van der Waals surface area contributed by atoms with Gasteiger partial charge in [0.2, 0.25) is 0 Å². The van der Waals surface area contributed by atoms with E-state index in [1.54, 1.807) is 34.1 Å². The fourth-order valence-corrected chi connectivity index (χ4v) is 16.3. The zero-order chi connectivity index (χ0) is 64.3. The quantitative estimate of drug-likeness (QED) is 0.0507. The van der Waals surface area contributed by atoms with Crippen LogP contribution in [0.3, 0.4) is 0 Å². The van der Waals surface area contributed by atoms with Crippen LogP contribution in [0.5, 0.6) is 0 Å². The predicted molar refractivity (Wildman–Crippen MR) is 306 cm³/mol. The van der Waals surface area contributed by atoms with Crippen LogP contribution >= 0.6 is 0 Å². The first kappa shape index (κ1) is 68.8. The Labute approximate surface area is 518 Å². The van der Waals surface area contributed by atoms with E-state index in [0.29, 0.717) is 25.7 Å². The van der Waals surface area contributed by atoms with Crippen LogP contribution in [0.4, 0.5) is 0 Å². The summed E-state index contributed by atoms with van der Waals surface area (Å²) in [6.07, 6.45) is -18.5. The lowest BCUT2D eigenvalue weighted by Crippen LogP contribution is -2.78. The summed E-state index contributed by atoms with van der Waals surface area (Å²) in [5.74, 6) is -1.89. The standard InChI is InChI=1S/C63H94O26/c1-30-53(86-46-25-38(77-8)54(31(2)80-46)87-47-26-39(78-9)55(32(3)81-47)88-58-52(72)50(70)56(41(29-65)84-58)89-57-51(71)49(69)48(68)40(28-64)83-57)37(76-7)24-45(79-30)82-36-18-19-59(5)35(23-36)17-20-62(74)42(59)27-43(85-44(67)16-15-34-13-11-10-12-14-34)60(6)61(73,33(4)66)21-22-63(60,62)75/h10-17,30-32,36-43,45-58,64-65,68-75H,18-29H2,1-9H3/b16-15+/t30?,31?,32?,36-,37+,38+,39+,40?,41?,42?,43+,45-,46-,47-,48+,49-,50+,51?,52?,53+,54+,55+,56+,57-,58-,59-,60+,61+,62-,63+/m0/s1. The van der Waals surface area contributed by atoms with Crippen LogP contribution in [0.2, 0.25) is 0 Å². The van der Waals surface area contributed by atoms with Crippen LogP contribution in [-0.4, -0.2) is 262 Å². The van der Waals surface area contributed by atoms with Crippen LogP contribution in [0.1, 0.15) is 111 Å². The van der Waals surface area contributed by atoms with E-state index in [0.717, 1.165) is 11.1 Å². The number of carbonyl (C=O) groups excluding carboxylic acids is 2. The van der Waals surface area contributed by atoms with Crippen LogP contribution in [0, 0.1) is 16.7 Å². The zero-order valence-electron chi connectivity index (χ0n) is 52.0. The van der Waals surface area contributed by atoms with Gasteiger partial charge in [0, 0.05) is 52.6 Å². The second-order valence-electron chi connectivity index (χ2n) is 26.4. The van der Waals surface area contributed by atoms with Gasteiger partial charge in [-0.25, -0.2) is 4.79 Å². The monoisotopic (exact) mass is 1270 g/mol. The molecule has 8 fully saturated rings. The highest BCUT2D eigenvalue weighted by Gasteiger charge is 2.81. The minimum atomic E-state index is -2.07. The van der Waals surface area contributed by atoms with Crippen LogP contribution in [0.15, 0.2) is 48.1 Å². The Morgan fingerprint density at radius 2 is 1.13 bits per heavy atom. The number of Topliss-reactive ketones (excluding diaryl/α,β-unsaturated/α-hetero) is 1. The molecule has 502 valence electrons. The Bertz CT molecular complexity index is 2630. The summed E-state index contributed by atoms with van der Waals surface area (Å²) >= 11 is 0. The van der Waals surface area contributed by atoms with Crippen molar-refractivity contribution in [3.8, 4) is 0 Å². The van der Waals surface area contributed by atoms with Crippen molar-refractivity contribution in [2.24, 2.45) is 16.7 Å². The fourth-order valence-electron chi connectivity index (χ4n) is 16.3. The van der Waals surface area contributed by atoms with Gasteiger partial charge in [-0.2, -0.15) is 0 Å². The lowest BCUT2D eigenvalue weighted by molar-refractivity contribution is -0.376. The van der Waals surface area contributed by atoms with E-state index in [1.807, 2.05) is 50.3 Å². The minimum absolute atomic E-state index is 0.0511. The van der Waals surface area contributed by atoms with Crippen molar-refractivity contribution in [3.05, 3.63) is 53.6 Å². The van der Waals surface area contributed by atoms with Crippen LogP contribution < -0.4 is 0 Å². The van der Waals surface area contributed by atoms with Gasteiger partial charge < -0.3 is 117 Å². The van der Waals surface area contributed by atoms with Gasteiger partial charge >= 0.3 is 5.97 Å². The maximum atomic E-state index is 13.7. The van der Waals surface area contributed by atoms with Gasteiger partial charge in [0.05, 0.1) is 61.4 Å². The molecular weight excluding hydrogens is 1170 g/mol. The normalized spacial score (nSPS) is 49.3. The van der Waals surface area contributed by atoms with Crippen molar-refractivity contribution in [3.63, 3.8) is 0 Å². The minimum Gasteiger partial charge on any atom is -0.458 e. The summed E-state index contributed by atoms with van der Waals surface area (Å²) < 4.78 is 86.7. The molecule has 9 aliphatic rings. The Hall–Kier alpha value is -3.08. The second kappa shape index (κ2) is 27.3. The fraction of sp³-hybridized carbons (Fsp3) is 0.810. The first-order valence-corrected chi connectivity index (χ1v) is 31.3. The lowest BCUT2D eigenvalue weighted by atomic mass is 9.42. The Kier molecular flexibility index (Phi) is 21.1. The number of hydrogen-bond acceptors (Lipinski definition) is 26. The number of benzene rings is 1. The molecule has 8 unspecified atom stereocenters. The van der Waals surface area contributed by atoms with E-state index in [2.05, 4.69) is 6.92 Å². The molecule has 4 aliphatic carbocycles. The third-order valence-corrected chi connectivity index (χ3v) is 21.6. The molecule has 3 saturated carbocycles. The SMILES string of the molecule is CO[C@@H]1C[C@H](O[C@H]2CC[C@@]3(C)C(=CC[C@]4(O)C3C[C@@H](OC(=O)/C=C/c3ccccc3)[C@@]3(C)[C@]4(O)CC[C@@]3(O)C(C)=O)C2)OC(C)[C@H]1O[C@H]1C[C@@H](OC)[C@H](O[C@H]2C[C@@H](OC)[C@H](O[C@@H]3OC(CO)[C@@H](O[C@@H]4OC(CO)[C@@H](O)[C@H](O)C4O)[C@H](O)C3O)C(C)O2)C(C)O1. The predicted octanol–water partition coefficient (Wildman–Crippen LogP) is 0.349. The van der Waals surface area contributed by atoms with E-state index < -0.39 is 200 Å². The van der Waals surface area contributed by atoms with Crippen molar-refractivity contribution < 1.29 is 127 Å². The Morgan fingerprint density at radius 1 is 0.618 bits per heavy atom. The lowest BCUT2D eigenvalue weighted by Gasteiger charge is -2.67. The molecule has 26 nitrogen and oxygen atoms in total. The van der Waals surface area contributed by atoms with E-state index in [9.17, 15) is 60.7 Å². The molecule has 0 radical (unpaired) electrons. The Morgan fingerprint density at radius 3 is 1.67 bits per heavy atom. The van der Waals surface area contributed by atoms with Gasteiger partial charge in [0.25, 0.3) is 0 Å². The van der Waals surface area contributed by atoms with E-state index in [-0.39, 0.29) is 44.6 Å². The summed E-state index contributed by atoms with van der Waals surface area (Å²) in [6, 6.07) is 9.23. The molecule has 0 spiro atoms. The van der Waals surface area contributed by atoms with E-state index >= 15 is 0 Å². The zero-order valence-corrected chi connectivity index (χ0v) is 52.0. The highest BCUT2D eigenvalue weighted by molar-refractivity contribution is 5.89. The molecule has 5 aliphatic heterocycles. The molecule has 10 N–H and O–H groups in total. The first-order chi connectivity index (χ1) is 42.2.